The molecule has 0 heterocycles. The molecule has 0 aliphatic rings. The Morgan fingerprint density at radius 2 is 1.94 bits per heavy atom. The van der Waals surface area contributed by atoms with E-state index in [0.29, 0.717) is 5.56 Å². The molecule has 0 aliphatic heterocycles. The summed E-state index contributed by atoms with van der Waals surface area (Å²) in [5.74, 6) is -0.609. The Labute approximate surface area is 99.8 Å². The van der Waals surface area contributed by atoms with Crippen LogP contribution in [0.3, 0.4) is 0 Å². The zero-order valence-electron chi connectivity index (χ0n) is 10.2. The van der Waals surface area contributed by atoms with Gasteiger partial charge < -0.3 is 5.73 Å². The Balaban J connectivity index is 3.32. The number of nitro groups is 1. The number of rotatable bonds is 4. The maximum absolute atomic E-state index is 13.0. The zero-order chi connectivity index (χ0) is 13.2. The first-order chi connectivity index (χ1) is 7.84. The predicted octanol–water partition coefficient (Wildman–Crippen LogP) is 2.82. The van der Waals surface area contributed by atoms with Crippen molar-refractivity contribution in [1.29, 1.82) is 0 Å². The molecule has 2 unspecified atom stereocenters. The molecule has 0 fully saturated rings. The number of nitrogens with zero attached hydrogens (tertiary/aromatic N) is 1. The van der Waals surface area contributed by atoms with Crippen molar-refractivity contribution in [2.45, 2.75) is 32.7 Å². The van der Waals surface area contributed by atoms with E-state index >= 15 is 0 Å². The molecule has 0 aliphatic carbocycles. The minimum Gasteiger partial charge on any atom is -0.327 e. The van der Waals surface area contributed by atoms with E-state index in [-0.39, 0.29) is 23.6 Å². The van der Waals surface area contributed by atoms with Crippen molar-refractivity contribution >= 4 is 5.69 Å². The zero-order valence-corrected chi connectivity index (χ0v) is 10.2. The Morgan fingerprint density at radius 1 is 1.35 bits per heavy atom. The van der Waals surface area contributed by atoms with Gasteiger partial charge in [-0.15, -0.1) is 0 Å². The highest BCUT2D eigenvalue weighted by Crippen LogP contribution is 2.34. The van der Waals surface area contributed by atoms with Crippen LogP contribution in [0.15, 0.2) is 18.2 Å². The lowest BCUT2D eigenvalue weighted by molar-refractivity contribution is -0.386. The van der Waals surface area contributed by atoms with Gasteiger partial charge in [0.25, 0.3) is 5.69 Å². The first-order valence-corrected chi connectivity index (χ1v) is 5.54. The Bertz CT molecular complexity index is 411. The van der Waals surface area contributed by atoms with Crippen LogP contribution in [0.4, 0.5) is 10.1 Å². The fraction of sp³-hybridized carbons (Fsp3) is 0.500. The van der Waals surface area contributed by atoms with Gasteiger partial charge in [0.05, 0.1) is 11.0 Å². The molecule has 0 bridgehead atoms. The van der Waals surface area contributed by atoms with Crippen LogP contribution in [0, 0.1) is 21.8 Å². The maximum Gasteiger partial charge on any atom is 0.275 e. The smallest absolute Gasteiger partial charge is 0.275 e. The largest absolute Gasteiger partial charge is 0.327 e. The van der Waals surface area contributed by atoms with Gasteiger partial charge in [-0.25, -0.2) is 4.39 Å². The number of benzene rings is 1. The average molecular weight is 240 g/mol. The average Bonchev–Trinajstić information content (AvgIpc) is 2.19. The van der Waals surface area contributed by atoms with Gasteiger partial charge in [-0.3, -0.25) is 10.1 Å². The van der Waals surface area contributed by atoms with E-state index < -0.39 is 10.7 Å². The Morgan fingerprint density at radius 3 is 2.35 bits per heavy atom. The molecule has 1 rings (SSSR count). The van der Waals surface area contributed by atoms with E-state index in [0.717, 1.165) is 6.07 Å². The summed E-state index contributed by atoms with van der Waals surface area (Å²) in [6.07, 6.45) is 0. The molecule has 0 aromatic heterocycles. The number of nitro benzene ring substituents is 1. The predicted molar refractivity (Wildman–Crippen MR) is 64.3 cm³/mol. The fourth-order valence-corrected chi connectivity index (χ4v) is 2.21. The SMILES string of the molecule is CC(C)C(c1ccc(F)cc1[N+](=O)[O-])C(C)N. The summed E-state index contributed by atoms with van der Waals surface area (Å²) < 4.78 is 13.0. The highest BCUT2D eigenvalue weighted by atomic mass is 19.1. The van der Waals surface area contributed by atoms with E-state index in [4.69, 9.17) is 5.73 Å². The molecule has 94 valence electrons. The molecule has 2 atom stereocenters. The molecule has 0 saturated heterocycles. The van der Waals surface area contributed by atoms with Crippen molar-refractivity contribution < 1.29 is 9.31 Å². The Hall–Kier alpha value is -1.49. The minimum atomic E-state index is -0.604. The lowest BCUT2D eigenvalue weighted by atomic mass is 9.82. The van der Waals surface area contributed by atoms with Crippen molar-refractivity contribution in [3.05, 3.63) is 39.7 Å². The summed E-state index contributed by atoms with van der Waals surface area (Å²) in [5.41, 5.74) is 6.17. The third-order valence-corrected chi connectivity index (χ3v) is 2.83. The molecule has 0 amide bonds. The number of hydrogen-bond acceptors (Lipinski definition) is 3. The summed E-state index contributed by atoms with van der Waals surface area (Å²) in [6.45, 7) is 5.69. The summed E-state index contributed by atoms with van der Waals surface area (Å²) in [7, 11) is 0. The normalized spacial score (nSPS) is 14.7. The molecule has 0 saturated carbocycles. The number of hydrogen-bond donors (Lipinski definition) is 1. The standard InChI is InChI=1S/C12H17FN2O2/c1-7(2)12(8(3)14)10-5-4-9(13)6-11(10)15(16)17/h4-8,12H,14H2,1-3H3. The lowest BCUT2D eigenvalue weighted by Crippen LogP contribution is -2.29. The molecule has 2 N–H and O–H groups in total. The second-order valence-electron chi connectivity index (χ2n) is 4.59. The van der Waals surface area contributed by atoms with Crippen molar-refractivity contribution in [3.63, 3.8) is 0 Å². The van der Waals surface area contributed by atoms with Crippen LogP contribution in [-0.2, 0) is 0 Å². The van der Waals surface area contributed by atoms with Crippen LogP contribution in [0.25, 0.3) is 0 Å². The van der Waals surface area contributed by atoms with E-state index in [9.17, 15) is 14.5 Å². The third kappa shape index (κ3) is 3.00. The molecule has 17 heavy (non-hydrogen) atoms. The maximum atomic E-state index is 13.0. The monoisotopic (exact) mass is 240 g/mol. The van der Waals surface area contributed by atoms with Crippen LogP contribution < -0.4 is 5.73 Å². The van der Waals surface area contributed by atoms with Crippen molar-refractivity contribution in [2.75, 3.05) is 0 Å². The van der Waals surface area contributed by atoms with Crippen LogP contribution in [0.1, 0.15) is 32.3 Å². The van der Waals surface area contributed by atoms with E-state index in [1.54, 1.807) is 6.92 Å². The minimum absolute atomic E-state index is 0.152. The van der Waals surface area contributed by atoms with Gasteiger partial charge >= 0.3 is 0 Å². The second-order valence-corrected chi connectivity index (χ2v) is 4.59. The van der Waals surface area contributed by atoms with Gasteiger partial charge in [0, 0.05) is 17.5 Å². The van der Waals surface area contributed by atoms with Crippen LogP contribution in [-0.4, -0.2) is 11.0 Å². The molecule has 0 radical (unpaired) electrons. The van der Waals surface area contributed by atoms with Crippen LogP contribution in [0.5, 0.6) is 0 Å². The third-order valence-electron chi connectivity index (χ3n) is 2.83. The van der Waals surface area contributed by atoms with Gasteiger partial charge in [-0.05, 0) is 25.0 Å². The summed E-state index contributed by atoms with van der Waals surface area (Å²) in [6, 6.07) is 3.42. The first-order valence-electron chi connectivity index (χ1n) is 5.54. The van der Waals surface area contributed by atoms with E-state index in [1.165, 1.54) is 12.1 Å². The summed E-state index contributed by atoms with van der Waals surface area (Å²) >= 11 is 0. The van der Waals surface area contributed by atoms with Crippen LogP contribution in [0.2, 0.25) is 0 Å². The first kappa shape index (κ1) is 13.6. The fourth-order valence-electron chi connectivity index (χ4n) is 2.21. The van der Waals surface area contributed by atoms with Crippen molar-refractivity contribution in [2.24, 2.45) is 11.7 Å². The van der Waals surface area contributed by atoms with Crippen LogP contribution >= 0.6 is 0 Å². The highest BCUT2D eigenvalue weighted by molar-refractivity contribution is 5.43. The van der Waals surface area contributed by atoms with Crippen molar-refractivity contribution in [1.82, 2.24) is 0 Å². The van der Waals surface area contributed by atoms with Gasteiger partial charge in [-0.2, -0.15) is 0 Å². The van der Waals surface area contributed by atoms with E-state index in [1.807, 2.05) is 13.8 Å². The van der Waals surface area contributed by atoms with Crippen molar-refractivity contribution in [3.8, 4) is 0 Å². The molecular weight excluding hydrogens is 223 g/mol. The summed E-state index contributed by atoms with van der Waals surface area (Å²) in [4.78, 5) is 10.4. The van der Waals surface area contributed by atoms with Gasteiger partial charge in [0.15, 0.2) is 0 Å². The second kappa shape index (κ2) is 5.23. The highest BCUT2D eigenvalue weighted by Gasteiger charge is 2.27. The molecule has 5 heteroatoms. The van der Waals surface area contributed by atoms with Gasteiger partial charge in [0.1, 0.15) is 5.82 Å². The number of halogens is 1. The molecule has 4 nitrogen and oxygen atoms in total. The van der Waals surface area contributed by atoms with Gasteiger partial charge in [-0.1, -0.05) is 13.8 Å². The summed E-state index contributed by atoms with van der Waals surface area (Å²) in [5, 5.41) is 10.9. The lowest BCUT2D eigenvalue weighted by Gasteiger charge is -2.24. The molecular formula is C12H17FN2O2. The van der Waals surface area contributed by atoms with Gasteiger partial charge in [0.2, 0.25) is 0 Å². The molecule has 1 aromatic carbocycles. The quantitative estimate of drug-likeness (QED) is 0.649. The molecule has 1 aromatic rings. The topological polar surface area (TPSA) is 69.2 Å². The Kier molecular flexibility index (Phi) is 4.17. The number of nitrogens with two attached hydrogens (primary N) is 1. The molecule has 0 spiro atoms. The van der Waals surface area contributed by atoms with E-state index in [2.05, 4.69) is 0 Å².